The average Bonchev–Trinajstić information content (AvgIpc) is 3.01. The van der Waals surface area contributed by atoms with E-state index in [4.69, 9.17) is 0 Å². The van der Waals surface area contributed by atoms with Gasteiger partial charge in [-0.2, -0.15) is 4.68 Å². The molecule has 1 fully saturated rings. The molecule has 1 saturated heterocycles. The number of amides is 1. The van der Waals surface area contributed by atoms with Crippen molar-refractivity contribution >= 4 is 11.7 Å². The molecule has 0 radical (unpaired) electrons. The Morgan fingerprint density at radius 2 is 1.63 bits per heavy atom. The van der Waals surface area contributed by atoms with E-state index in [1.807, 2.05) is 31.2 Å². The second kappa shape index (κ2) is 8.49. The van der Waals surface area contributed by atoms with E-state index in [0.717, 1.165) is 24.2 Å². The third-order valence-corrected chi connectivity index (χ3v) is 5.26. The highest BCUT2D eigenvalue weighted by Crippen LogP contribution is 2.16. The van der Waals surface area contributed by atoms with Gasteiger partial charge in [0.2, 0.25) is 0 Å². The largest absolute Gasteiger partial charge is 0.353 e. The fourth-order valence-electron chi connectivity index (χ4n) is 3.57. The van der Waals surface area contributed by atoms with E-state index in [1.165, 1.54) is 35.0 Å². The molecule has 1 amide bonds. The van der Waals surface area contributed by atoms with Crippen LogP contribution in [0.15, 0.2) is 65.5 Å². The van der Waals surface area contributed by atoms with Gasteiger partial charge in [-0.05, 0) is 55.8 Å². The lowest BCUT2D eigenvalue weighted by molar-refractivity contribution is 0.0767. The summed E-state index contributed by atoms with van der Waals surface area (Å²) >= 11 is 0. The Morgan fingerprint density at radius 3 is 2.37 bits per heavy atom. The van der Waals surface area contributed by atoms with Gasteiger partial charge in [0.05, 0.1) is 5.69 Å². The fourth-order valence-corrected chi connectivity index (χ4v) is 3.57. The minimum atomic E-state index is -0.358. The molecule has 2 heterocycles. The van der Waals surface area contributed by atoms with Crippen molar-refractivity contribution in [1.29, 1.82) is 0 Å². The Morgan fingerprint density at radius 1 is 0.900 bits per heavy atom. The van der Waals surface area contributed by atoms with Gasteiger partial charge >= 0.3 is 0 Å². The predicted octanol–water partition coefficient (Wildman–Crippen LogP) is 3.03. The minimum absolute atomic E-state index is 0.102. The van der Waals surface area contributed by atoms with E-state index in [2.05, 4.69) is 10.00 Å². The zero-order valence-electron chi connectivity index (χ0n) is 16.8. The maximum Gasteiger partial charge on any atom is 0.271 e. The SMILES string of the molecule is Cc1ccc(-n2nc(N3CCCN(C(=O)c4ccc(F)cc4)CC3)ccc2=O)cc1. The number of carbonyl (C=O) groups is 1. The smallest absolute Gasteiger partial charge is 0.271 e. The van der Waals surface area contributed by atoms with E-state index in [-0.39, 0.29) is 17.3 Å². The number of carbonyl (C=O) groups excluding carboxylic acids is 1. The first kappa shape index (κ1) is 19.8. The Bertz CT molecular complexity index is 1090. The molecular weight excluding hydrogens is 383 g/mol. The number of benzene rings is 2. The first-order valence-electron chi connectivity index (χ1n) is 9.98. The van der Waals surface area contributed by atoms with Gasteiger partial charge in [0.15, 0.2) is 0 Å². The quantitative estimate of drug-likeness (QED) is 0.671. The highest BCUT2D eigenvalue weighted by atomic mass is 19.1. The monoisotopic (exact) mass is 406 g/mol. The highest BCUT2D eigenvalue weighted by Gasteiger charge is 2.21. The lowest BCUT2D eigenvalue weighted by Crippen LogP contribution is -2.36. The van der Waals surface area contributed by atoms with Gasteiger partial charge in [-0.3, -0.25) is 9.59 Å². The third kappa shape index (κ3) is 4.25. The molecule has 2 aromatic carbocycles. The predicted molar refractivity (Wildman–Crippen MR) is 114 cm³/mol. The zero-order chi connectivity index (χ0) is 21.1. The molecule has 0 bridgehead atoms. The van der Waals surface area contributed by atoms with Crippen LogP contribution in [-0.2, 0) is 0 Å². The van der Waals surface area contributed by atoms with Gasteiger partial charge in [-0.25, -0.2) is 4.39 Å². The maximum atomic E-state index is 13.1. The van der Waals surface area contributed by atoms with Crippen LogP contribution in [0.5, 0.6) is 0 Å². The molecule has 1 aliphatic rings. The molecule has 0 aliphatic carbocycles. The van der Waals surface area contributed by atoms with Crippen molar-refractivity contribution < 1.29 is 9.18 Å². The molecule has 3 aromatic rings. The number of hydrogen-bond acceptors (Lipinski definition) is 4. The summed E-state index contributed by atoms with van der Waals surface area (Å²) in [6.07, 6.45) is 0.776. The Hall–Kier alpha value is -3.48. The third-order valence-electron chi connectivity index (χ3n) is 5.26. The number of nitrogens with zero attached hydrogens (tertiary/aromatic N) is 4. The Kier molecular flexibility index (Phi) is 5.61. The molecule has 0 unspecified atom stereocenters. The molecule has 4 rings (SSSR count). The minimum Gasteiger partial charge on any atom is -0.353 e. The molecule has 30 heavy (non-hydrogen) atoms. The van der Waals surface area contributed by atoms with Crippen LogP contribution in [-0.4, -0.2) is 46.8 Å². The molecule has 0 N–H and O–H groups in total. The lowest BCUT2D eigenvalue weighted by atomic mass is 10.2. The van der Waals surface area contributed by atoms with Crippen LogP contribution in [0.25, 0.3) is 5.69 Å². The second-order valence-corrected chi connectivity index (χ2v) is 7.42. The van der Waals surface area contributed by atoms with Crippen LogP contribution in [0.1, 0.15) is 22.3 Å². The molecule has 0 saturated carbocycles. The van der Waals surface area contributed by atoms with Crippen LogP contribution in [0.2, 0.25) is 0 Å². The highest BCUT2D eigenvalue weighted by molar-refractivity contribution is 5.94. The van der Waals surface area contributed by atoms with Crippen molar-refractivity contribution in [3.63, 3.8) is 0 Å². The van der Waals surface area contributed by atoms with Gasteiger partial charge in [0, 0.05) is 37.8 Å². The molecule has 0 spiro atoms. The van der Waals surface area contributed by atoms with Crippen molar-refractivity contribution in [1.82, 2.24) is 14.7 Å². The first-order chi connectivity index (χ1) is 14.5. The molecule has 1 aliphatic heterocycles. The lowest BCUT2D eigenvalue weighted by Gasteiger charge is -2.23. The first-order valence-corrected chi connectivity index (χ1v) is 9.98. The van der Waals surface area contributed by atoms with E-state index < -0.39 is 0 Å². The number of aromatic nitrogens is 2. The Labute approximate surface area is 174 Å². The maximum absolute atomic E-state index is 13.1. The molecular formula is C23H23FN4O2. The van der Waals surface area contributed by atoms with Gasteiger partial charge in [0.25, 0.3) is 11.5 Å². The van der Waals surface area contributed by atoms with Crippen molar-refractivity contribution in [2.75, 3.05) is 31.1 Å². The summed E-state index contributed by atoms with van der Waals surface area (Å²) in [6.45, 7) is 4.47. The van der Waals surface area contributed by atoms with Crippen LogP contribution in [0.3, 0.4) is 0 Å². The molecule has 154 valence electrons. The summed E-state index contributed by atoms with van der Waals surface area (Å²) in [5.41, 5.74) is 2.12. The van der Waals surface area contributed by atoms with Gasteiger partial charge < -0.3 is 9.80 Å². The van der Waals surface area contributed by atoms with Gasteiger partial charge in [-0.1, -0.05) is 17.7 Å². The summed E-state index contributed by atoms with van der Waals surface area (Å²) in [5.74, 6) is 0.240. The molecule has 1 aromatic heterocycles. The second-order valence-electron chi connectivity index (χ2n) is 7.42. The number of rotatable bonds is 3. The molecule has 7 heteroatoms. The summed E-state index contributed by atoms with van der Waals surface area (Å²) < 4.78 is 14.5. The summed E-state index contributed by atoms with van der Waals surface area (Å²) in [6, 6.07) is 16.5. The van der Waals surface area contributed by atoms with Gasteiger partial charge in [0.1, 0.15) is 11.6 Å². The number of aryl methyl sites for hydroxylation is 1. The Balaban J connectivity index is 1.51. The average molecular weight is 406 g/mol. The van der Waals surface area contributed by atoms with Crippen molar-refractivity contribution in [2.24, 2.45) is 0 Å². The van der Waals surface area contributed by atoms with Crippen LogP contribution >= 0.6 is 0 Å². The number of hydrogen-bond donors (Lipinski definition) is 0. The molecule has 6 nitrogen and oxygen atoms in total. The summed E-state index contributed by atoms with van der Waals surface area (Å²) in [5, 5.41) is 4.56. The topological polar surface area (TPSA) is 58.4 Å². The van der Waals surface area contributed by atoms with Crippen LogP contribution in [0.4, 0.5) is 10.2 Å². The molecule has 0 atom stereocenters. The van der Waals surface area contributed by atoms with Crippen LogP contribution in [0, 0.1) is 12.7 Å². The van der Waals surface area contributed by atoms with Crippen LogP contribution < -0.4 is 10.5 Å². The zero-order valence-corrected chi connectivity index (χ0v) is 16.8. The van der Waals surface area contributed by atoms with Crippen molar-refractivity contribution in [3.05, 3.63) is 88.0 Å². The summed E-state index contributed by atoms with van der Waals surface area (Å²) in [7, 11) is 0. The van der Waals surface area contributed by atoms with E-state index in [9.17, 15) is 14.0 Å². The number of anilines is 1. The normalized spacial score (nSPS) is 14.5. The van der Waals surface area contributed by atoms with Gasteiger partial charge in [-0.15, -0.1) is 5.10 Å². The fraction of sp³-hybridized carbons (Fsp3) is 0.261. The standard InChI is InChI=1S/C23H23FN4O2/c1-17-3-9-20(10-4-17)28-22(29)12-11-21(25-28)26-13-2-14-27(16-15-26)23(30)18-5-7-19(24)8-6-18/h3-12H,2,13-16H2,1H3. The van der Waals surface area contributed by atoms with E-state index >= 15 is 0 Å². The van der Waals surface area contributed by atoms with Crippen molar-refractivity contribution in [2.45, 2.75) is 13.3 Å². The number of halogens is 1. The van der Waals surface area contributed by atoms with E-state index in [1.54, 1.807) is 11.0 Å². The van der Waals surface area contributed by atoms with Crippen molar-refractivity contribution in [3.8, 4) is 5.69 Å². The summed E-state index contributed by atoms with van der Waals surface area (Å²) in [4.78, 5) is 28.9. The van der Waals surface area contributed by atoms with E-state index in [0.29, 0.717) is 31.0 Å².